The molecule has 0 aliphatic carbocycles. The topological polar surface area (TPSA) is 73.9 Å². The standard InChI is InChI=1S/C19H17NO5S/c1-23-12-8-11(9-13(10-12)24-2)18(21)20-16-14-6-4-5-7-15(14)26-17(16)19(22)25-3/h4-10H,1-3H3,(H,20,21). The van der Waals surface area contributed by atoms with Crippen LogP contribution >= 0.6 is 11.3 Å². The Balaban J connectivity index is 2.03. The molecule has 0 spiro atoms. The monoisotopic (exact) mass is 371 g/mol. The second-order valence-electron chi connectivity index (χ2n) is 5.35. The number of benzene rings is 2. The average Bonchev–Trinajstić information content (AvgIpc) is 3.05. The van der Waals surface area contributed by atoms with Crippen LogP contribution in [0, 0.1) is 0 Å². The van der Waals surface area contributed by atoms with Crippen molar-refractivity contribution in [2.24, 2.45) is 0 Å². The van der Waals surface area contributed by atoms with Gasteiger partial charge in [-0.25, -0.2) is 4.79 Å². The summed E-state index contributed by atoms with van der Waals surface area (Å²) in [5.41, 5.74) is 0.788. The molecule has 0 bridgehead atoms. The molecule has 0 aliphatic rings. The van der Waals surface area contributed by atoms with Gasteiger partial charge >= 0.3 is 5.97 Å². The van der Waals surface area contributed by atoms with E-state index in [1.54, 1.807) is 18.2 Å². The van der Waals surface area contributed by atoms with E-state index in [1.165, 1.54) is 32.7 Å². The minimum absolute atomic E-state index is 0.344. The van der Waals surface area contributed by atoms with Gasteiger partial charge in [0, 0.05) is 21.7 Å². The van der Waals surface area contributed by atoms with E-state index in [2.05, 4.69) is 5.32 Å². The van der Waals surface area contributed by atoms with Crippen LogP contribution in [-0.4, -0.2) is 33.2 Å². The van der Waals surface area contributed by atoms with Gasteiger partial charge in [0.1, 0.15) is 16.4 Å². The average molecular weight is 371 g/mol. The Hall–Kier alpha value is -3.06. The van der Waals surface area contributed by atoms with Gasteiger partial charge in [-0.15, -0.1) is 11.3 Å². The van der Waals surface area contributed by atoms with Gasteiger partial charge in [0.2, 0.25) is 0 Å². The third-order valence-electron chi connectivity index (χ3n) is 3.82. The van der Waals surface area contributed by atoms with Crippen LogP contribution in [0.15, 0.2) is 42.5 Å². The smallest absolute Gasteiger partial charge is 0.350 e. The maximum atomic E-state index is 12.8. The summed E-state index contributed by atoms with van der Waals surface area (Å²) >= 11 is 1.27. The van der Waals surface area contributed by atoms with Crippen molar-refractivity contribution in [1.29, 1.82) is 0 Å². The minimum Gasteiger partial charge on any atom is -0.497 e. The Morgan fingerprint density at radius 2 is 1.62 bits per heavy atom. The lowest BCUT2D eigenvalue weighted by atomic mass is 10.1. The summed E-state index contributed by atoms with van der Waals surface area (Å²) in [6.45, 7) is 0. The van der Waals surface area contributed by atoms with Crippen LogP contribution in [0.1, 0.15) is 20.0 Å². The highest BCUT2D eigenvalue weighted by molar-refractivity contribution is 7.21. The Kier molecular flexibility index (Phi) is 5.09. The molecule has 6 nitrogen and oxygen atoms in total. The number of carbonyl (C=O) groups excluding carboxylic acids is 2. The van der Waals surface area contributed by atoms with Gasteiger partial charge < -0.3 is 19.5 Å². The normalized spacial score (nSPS) is 10.4. The zero-order valence-corrected chi connectivity index (χ0v) is 15.3. The molecule has 1 N–H and O–H groups in total. The predicted molar refractivity (Wildman–Crippen MR) is 101 cm³/mol. The first-order valence-corrected chi connectivity index (χ1v) is 8.53. The molecule has 2 aromatic carbocycles. The predicted octanol–water partition coefficient (Wildman–Crippen LogP) is 3.96. The fourth-order valence-electron chi connectivity index (χ4n) is 2.53. The third kappa shape index (κ3) is 3.34. The van der Waals surface area contributed by atoms with Gasteiger partial charge in [-0.05, 0) is 18.2 Å². The van der Waals surface area contributed by atoms with E-state index in [9.17, 15) is 9.59 Å². The quantitative estimate of drug-likeness (QED) is 0.687. The second kappa shape index (κ2) is 7.45. The molecule has 0 fully saturated rings. The number of thiophene rings is 1. The fraction of sp³-hybridized carbons (Fsp3) is 0.158. The molecule has 3 aromatic rings. The van der Waals surface area contributed by atoms with Crippen molar-refractivity contribution in [3.8, 4) is 11.5 Å². The van der Waals surface area contributed by atoms with E-state index in [4.69, 9.17) is 14.2 Å². The number of methoxy groups -OCH3 is 3. The van der Waals surface area contributed by atoms with E-state index in [0.717, 1.165) is 10.1 Å². The Morgan fingerprint density at radius 3 is 2.23 bits per heavy atom. The van der Waals surface area contributed by atoms with E-state index in [1.807, 2.05) is 24.3 Å². The molecule has 1 heterocycles. The van der Waals surface area contributed by atoms with Gasteiger partial charge in [0.25, 0.3) is 5.91 Å². The van der Waals surface area contributed by atoms with Crippen molar-refractivity contribution in [3.63, 3.8) is 0 Å². The number of rotatable bonds is 5. The molecule has 1 amide bonds. The first-order valence-electron chi connectivity index (χ1n) is 7.71. The summed E-state index contributed by atoms with van der Waals surface area (Å²) in [4.78, 5) is 25.2. The molecular weight excluding hydrogens is 354 g/mol. The van der Waals surface area contributed by atoms with Crippen LogP contribution in [0.4, 0.5) is 5.69 Å². The summed E-state index contributed by atoms with van der Waals surface area (Å²) in [6, 6.07) is 12.3. The number of ether oxygens (including phenoxy) is 3. The van der Waals surface area contributed by atoms with Gasteiger partial charge in [-0.3, -0.25) is 4.79 Å². The van der Waals surface area contributed by atoms with E-state index >= 15 is 0 Å². The van der Waals surface area contributed by atoms with E-state index in [0.29, 0.717) is 27.6 Å². The molecule has 0 aliphatic heterocycles. The van der Waals surface area contributed by atoms with Crippen LogP contribution in [-0.2, 0) is 4.74 Å². The molecular formula is C19H17NO5S. The van der Waals surface area contributed by atoms with Crippen LogP contribution in [0.5, 0.6) is 11.5 Å². The highest BCUT2D eigenvalue weighted by Crippen LogP contribution is 2.36. The molecule has 7 heteroatoms. The van der Waals surface area contributed by atoms with E-state index < -0.39 is 5.97 Å². The van der Waals surface area contributed by atoms with Gasteiger partial charge in [-0.1, -0.05) is 18.2 Å². The molecule has 26 heavy (non-hydrogen) atoms. The van der Waals surface area contributed by atoms with Gasteiger partial charge in [-0.2, -0.15) is 0 Å². The minimum atomic E-state index is -0.496. The van der Waals surface area contributed by atoms with Crippen LogP contribution in [0.3, 0.4) is 0 Å². The van der Waals surface area contributed by atoms with Crippen molar-refractivity contribution in [3.05, 3.63) is 52.9 Å². The maximum Gasteiger partial charge on any atom is 0.350 e. The summed E-state index contributed by atoms with van der Waals surface area (Å²) in [5, 5.41) is 3.61. The van der Waals surface area contributed by atoms with Crippen molar-refractivity contribution < 1.29 is 23.8 Å². The molecule has 134 valence electrons. The number of amides is 1. The SMILES string of the molecule is COC(=O)c1sc2ccccc2c1NC(=O)c1cc(OC)cc(OC)c1. The first-order chi connectivity index (χ1) is 12.6. The molecule has 0 saturated heterocycles. The molecule has 3 rings (SSSR count). The maximum absolute atomic E-state index is 12.8. The summed E-state index contributed by atoms with van der Waals surface area (Å²) in [6.07, 6.45) is 0. The number of hydrogen-bond acceptors (Lipinski definition) is 6. The number of carbonyl (C=O) groups is 2. The van der Waals surface area contributed by atoms with E-state index in [-0.39, 0.29) is 5.91 Å². The number of esters is 1. The molecule has 0 atom stereocenters. The van der Waals surface area contributed by atoms with Crippen molar-refractivity contribution in [1.82, 2.24) is 0 Å². The van der Waals surface area contributed by atoms with Gasteiger partial charge in [0.05, 0.1) is 27.0 Å². The zero-order valence-electron chi connectivity index (χ0n) is 14.5. The van der Waals surface area contributed by atoms with Crippen LogP contribution in [0.2, 0.25) is 0 Å². The Bertz CT molecular complexity index is 957. The number of anilines is 1. The molecule has 0 saturated carbocycles. The second-order valence-corrected chi connectivity index (χ2v) is 6.40. The van der Waals surface area contributed by atoms with Crippen LogP contribution in [0.25, 0.3) is 10.1 Å². The fourth-order valence-corrected chi connectivity index (χ4v) is 3.61. The molecule has 0 unspecified atom stereocenters. The lowest BCUT2D eigenvalue weighted by molar-refractivity contribution is 0.0607. The summed E-state index contributed by atoms with van der Waals surface area (Å²) < 4.78 is 16.1. The highest BCUT2D eigenvalue weighted by atomic mass is 32.1. The summed E-state index contributed by atoms with van der Waals surface area (Å²) in [7, 11) is 4.33. The number of fused-ring (bicyclic) bond motifs is 1. The number of hydrogen-bond donors (Lipinski definition) is 1. The Labute approximate surface area is 154 Å². The summed E-state index contributed by atoms with van der Waals surface area (Å²) in [5.74, 6) is 0.122. The van der Waals surface area contributed by atoms with Gasteiger partial charge in [0.15, 0.2) is 0 Å². The molecule has 1 aromatic heterocycles. The van der Waals surface area contributed by atoms with Crippen molar-refractivity contribution >= 4 is 39.0 Å². The van der Waals surface area contributed by atoms with Crippen molar-refractivity contribution in [2.45, 2.75) is 0 Å². The Morgan fingerprint density at radius 1 is 0.962 bits per heavy atom. The lowest BCUT2D eigenvalue weighted by Gasteiger charge is -2.10. The highest BCUT2D eigenvalue weighted by Gasteiger charge is 2.21. The first kappa shape index (κ1) is 17.8. The third-order valence-corrected chi connectivity index (χ3v) is 4.97. The number of nitrogens with one attached hydrogen (secondary N) is 1. The lowest BCUT2D eigenvalue weighted by Crippen LogP contribution is -2.14. The molecule has 0 radical (unpaired) electrons. The largest absolute Gasteiger partial charge is 0.497 e. The zero-order chi connectivity index (χ0) is 18.7. The van der Waals surface area contributed by atoms with Crippen molar-refractivity contribution in [2.75, 3.05) is 26.6 Å². The van der Waals surface area contributed by atoms with Crippen LogP contribution < -0.4 is 14.8 Å².